The quantitative estimate of drug-likeness (QED) is 0.909. The highest BCUT2D eigenvalue weighted by Gasteiger charge is 2.25. The van der Waals surface area contributed by atoms with Crippen molar-refractivity contribution in [3.63, 3.8) is 0 Å². The van der Waals surface area contributed by atoms with Crippen molar-refractivity contribution < 1.29 is 14.3 Å². The molecule has 0 bridgehead atoms. The molecule has 0 amide bonds. The van der Waals surface area contributed by atoms with E-state index in [0.29, 0.717) is 11.0 Å². The lowest BCUT2D eigenvalue weighted by Crippen LogP contribution is -2.51. The second-order valence-corrected chi connectivity index (χ2v) is 5.83. The van der Waals surface area contributed by atoms with Crippen LogP contribution >= 0.6 is 15.9 Å². The minimum absolute atomic E-state index is 0.249. The summed E-state index contributed by atoms with van der Waals surface area (Å²) in [5.41, 5.74) is 0.921. The first kappa shape index (κ1) is 15.4. The molecule has 0 saturated carbocycles. The number of halogens is 2. The first-order valence-electron chi connectivity index (χ1n) is 6.61. The molecule has 1 aromatic rings. The fourth-order valence-electron chi connectivity index (χ4n) is 2.38. The summed E-state index contributed by atoms with van der Waals surface area (Å²) in [5.74, 6) is -1.04. The maximum absolute atomic E-state index is 13.5. The van der Waals surface area contributed by atoms with Gasteiger partial charge in [-0.05, 0) is 34.5 Å². The summed E-state index contributed by atoms with van der Waals surface area (Å²) in [5, 5.41) is 9.00. The zero-order valence-corrected chi connectivity index (χ0v) is 12.9. The highest BCUT2D eigenvalue weighted by molar-refractivity contribution is 9.10. The van der Waals surface area contributed by atoms with E-state index >= 15 is 0 Å². The summed E-state index contributed by atoms with van der Waals surface area (Å²) in [4.78, 5) is 15.1. The lowest BCUT2D eigenvalue weighted by Gasteiger charge is -2.36. The Hall–Kier alpha value is -0.980. The molecule has 1 saturated heterocycles. The van der Waals surface area contributed by atoms with Crippen molar-refractivity contribution in [2.75, 3.05) is 26.2 Å². The van der Waals surface area contributed by atoms with Crippen LogP contribution in [0.25, 0.3) is 0 Å². The van der Waals surface area contributed by atoms with Crippen LogP contribution in [0.1, 0.15) is 12.5 Å². The molecule has 1 N–H and O–H groups in total. The Morgan fingerprint density at radius 1 is 1.40 bits per heavy atom. The Bertz CT molecular complexity index is 490. The first-order chi connectivity index (χ1) is 9.49. The summed E-state index contributed by atoms with van der Waals surface area (Å²) >= 11 is 3.27. The van der Waals surface area contributed by atoms with Crippen molar-refractivity contribution in [3.8, 4) is 0 Å². The van der Waals surface area contributed by atoms with Gasteiger partial charge >= 0.3 is 5.97 Å². The fourth-order valence-corrected chi connectivity index (χ4v) is 2.77. The van der Waals surface area contributed by atoms with Crippen LogP contribution in [0.3, 0.4) is 0 Å². The average Bonchev–Trinajstić information content (AvgIpc) is 2.44. The van der Waals surface area contributed by atoms with E-state index in [2.05, 4.69) is 20.8 Å². The number of aliphatic carboxylic acids is 1. The Kier molecular flexibility index (Phi) is 5.12. The van der Waals surface area contributed by atoms with E-state index in [9.17, 15) is 9.18 Å². The van der Waals surface area contributed by atoms with Gasteiger partial charge in [-0.25, -0.2) is 4.39 Å². The van der Waals surface area contributed by atoms with Crippen LogP contribution in [-0.2, 0) is 11.3 Å². The minimum atomic E-state index is -0.786. The molecule has 0 radical (unpaired) electrons. The van der Waals surface area contributed by atoms with Gasteiger partial charge in [0.25, 0.3) is 0 Å². The van der Waals surface area contributed by atoms with Crippen molar-refractivity contribution in [1.82, 2.24) is 9.80 Å². The molecule has 20 heavy (non-hydrogen) atoms. The van der Waals surface area contributed by atoms with E-state index in [1.165, 1.54) is 6.07 Å². The maximum atomic E-state index is 13.5. The molecule has 1 unspecified atom stereocenters. The molecule has 110 valence electrons. The summed E-state index contributed by atoms with van der Waals surface area (Å²) in [6.07, 6.45) is 0. The molecule has 1 fully saturated rings. The van der Waals surface area contributed by atoms with Crippen LogP contribution in [0.2, 0.25) is 0 Å². The number of rotatable bonds is 4. The minimum Gasteiger partial charge on any atom is -0.480 e. The monoisotopic (exact) mass is 344 g/mol. The Morgan fingerprint density at radius 2 is 2.05 bits per heavy atom. The Balaban J connectivity index is 1.92. The van der Waals surface area contributed by atoms with Gasteiger partial charge in [0.2, 0.25) is 0 Å². The number of nitrogens with zero attached hydrogens (tertiary/aromatic N) is 2. The number of carboxylic acids is 1. The predicted octanol–water partition coefficient (Wildman–Crippen LogP) is 2.18. The SMILES string of the molecule is CC(C(=O)O)N1CCN(Cc2cccc(F)c2Br)CC1. The van der Waals surface area contributed by atoms with Crippen molar-refractivity contribution in [2.24, 2.45) is 0 Å². The molecule has 0 spiro atoms. The van der Waals surface area contributed by atoms with Crippen LogP contribution < -0.4 is 0 Å². The summed E-state index contributed by atoms with van der Waals surface area (Å²) in [6, 6.07) is 4.59. The fraction of sp³-hybridized carbons (Fsp3) is 0.500. The van der Waals surface area contributed by atoms with E-state index in [4.69, 9.17) is 5.11 Å². The second-order valence-electron chi connectivity index (χ2n) is 5.04. The molecule has 6 heteroatoms. The molecule has 0 aliphatic carbocycles. The van der Waals surface area contributed by atoms with Crippen molar-refractivity contribution in [1.29, 1.82) is 0 Å². The van der Waals surface area contributed by atoms with Crippen LogP contribution in [0.15, 0.2) is 22.7 Å². The third-order valence-corrected chi connectivity index (χ3v) is 4.63. The van der Waals surface area contributed by atoms with Gasteiger partial charge in [0, 0.05) is 32.7 Å². The molecule has 1 aromatic carbocycles. The number of carboxylic acid groups (broad SMARTS) is 1. The van der Waals surface area contributed by atoms with Gasteiger partial charge in [-0.3, -0.25) is 14.6 Å². The first-order valence-corrected chi connectivity index (χ1v) is 7.40. The normalized spacial score (nSPS) is 18.9. The molecule has 0 aromatic heterocycles. The molecule has 4 nitrogen and oxygen atoms in total. The third-order valence-electron chi connectivity index (χ3n) is 3.74. The number of hydrogen-bond acceptors (Lipinski definition) is 3. The van der Waals surface area contributed by atoms with E-state index < -0.39 is 12.0 Å². The van der Waals surface area contributed by atoms with E-state index in [0.717, 1.165) is 31.7 Å². The molecule has 2 rings (SSSR count). The standard InChI is InChI=1S/C14H18BrFN2O2/c1-10(14(19)20)18-7-5-17(6-8-18)9-11-3-2-4-12(16)13(11)15/h2-4,10H,5-9H2,1H3,(H,19,20). The number of hydrogen-bond donors (Lipinski definition) is 1. The number of carbonyl (C=O) groups is 1. The maximum Gasteiger partial charge on any atom is 0.320 e. The summed E-state index contributed by atoms with van der Waals surface area (Å²) < 4.78 is 14.0. The predicted molar refractivity (Wildman–Crippen MR) is 78.0 cm³/mol. The van der Waals surface area contributed by atoms with Crippen LogP contribution in [-0.4, -0.2) is 53.1 Å². The number of piperazine rings is 1. The molecule has 1 atom stereocenters. The van der Waals surface area contributed by atoms with Gasteiger partial charge in [0.05, 0.1) is 4.47 Å². The molecular formula is C14H18BrFN2O2. The van der Waals surface area contributed by atoms with Gasteiger partial charge < -0.3 is 5.11 Å². The molecule has 1 aliphatic rings. The van der Waals surface area contributed by atoms with E-state index in [1.54, 1.807) is 13.0 Å². The summed E-state index contributed by atoms with van der Waals surface area (Å²) in [7, 11) is 0. The van der Waals surface area contributed by atoms with E-state index in [-0.39, 0.29) is 5.82 Å². The average molecular weight is 345 g/mol. The van der Waals surface area contributed by atoms with Gasteiger partial charge in [-0.2, -0.15) is 0 Å². The van der Waals surface area contributed by atoms with Crippen molar-refractivity contribution in [3.05, 3.63) is 34.1 Å². The smallest absolute Gasteiger partial charge is 0.320 e. The zero-order chi connectivity index (χ0) is 14.7. The van der Waals surface area contributed by atoms with Crippen LogP contribution in [0.5, 0.6) is 0 Å². The lowest BCUT2D eigenvalue weighted by atomic mass is 10.1. The highest BCUT2D eigenvalue weighted by Crippen LogP contribution is 2.22. The van der Waals surface area contributed by atoms with Crippen molar-refractivity contribution in [2.45, 2.75) is 19.5 Å². The largest absolute Gasteiger partial charge is 0.480 e. The van der Waals surface area contributed by atoms with Gasteiger partial charge in [0.15, 0.2) is 0 Å². The topological polar surface area (TPSA) is 43.8 Å². The van der Waals surface area contributed by atoms with Gasteiger partial charge in [-0.1, -0.05) is 12.1 Å². The summed E-state index contributed by atoms with van der Waals surface area (Å²) in [6.45, 7) is 5.41. The Morgan fingerprint density at radius 3 is 2.65 bits per heavy atom. The zero-order valence-electron chi connectivity index (χ0n) is 11.4. The third kappa shape index (κ3) is 3.56. The molecule has 1 heterocycles. The molecule has 1 aliphatic heterocycles. The van der Waals surface area contributed by atoms with Crippen molar-refractivity contribution >= 4 is 21.9 Å². The van der Waals surface area contributed by atoms with Crippen LogP contribution in [0, 0.1) is 5.82 Å². The highest BCUT2D eigenvalue weighted by atomic mass is 79.9. The molecular weight excluding hydrogens is 327 g/mol. The van der Waals surface area contributed by atoms with Gasteiger partial charge in [-0.15, -0.1) is 0 Å². The number of benzene rings is 1. The van der Waals surface area contributed by atoms with Gasteiger partial charge in [0.1, 0.15) is 11.9 Å². The second kappa shape index (κ2) is 6.65. The lowest BCUT2D eigenvalue weighted by molar-refractivity contribution is -0.143. The van der Waals surface area contributed by atoms with Crippen LogP contribution in [0.4, 0.5) is 4.39 Å². The Labute approximate surface area is 126 Å². The van der Waals surface area contributed by atoms with E-state index in [1.807, 2.05) is 11.0 Å².